The van der Waals surface area contributed by atoms with E-state index in [1.54, 1.807) is 12.1 Å². The molecule has 1 N–H and O–H groups in total. The second-order valence-electron chi connectivity index (χ2n) is 5.98. The Morgan fingerprint density at radius 2 is 1.79 bits per heavy atom. The highest BCUT2D eigenvalue weighted by Gasteiger charge is 2.18. The van der Waals surface area contributed by atoms with Crippen molar-refractivity contribution < 1.29 is 19.3 Å². The van der Waals surface area contributed by atoms with Gasteiger partial charge in [-0.3, -0.25) is 0 Å². The van der Waals surface area contributed by atoms with E-state index in [0.29, 0.717) is 42.2 Å². The first-order chi connectivity index (χ1) is 13.7. The molecule has 0 unspecified atom stereocenters. The summed E-state index contributed by atoms with van der Waals surface area (Å²) in [5.74, 6) is 1.73. The van der Waals surface area contributed by atoms with Gasteiger partial charge in [-0.1, -0.05) is 0 Å². The molecule has 3 heterocycles. The Labute approximate surface area is 165 Å². The van der Waals surface area contributed by atoms with Crippen LogP contribution in [0, 0.1) is 0 Å². The van der Waals surface area contributed by atoms with Gasteiger partial charge in [-0.25, -0.2) is 15.0 Å². The number of rotatable bonds is 5. The number of ether oxygens (including phenoxy) is 3. The third-order valence-corrected chi connectivity index (χ3v) is 5.20. The Balaban J connectivity index is 1.65. The van der Waals surface area contributed by atoms with Gasteiger partial charge in [0.2, 0.25) is 11.7 Å². The van der Waals surface area contributed by atoms with E-state index < -0.39 is 0 Å². The lowest BCUT2D eigenvalue weighted by molar-refractivity contribution is 0.122. The van der Waals surface area contributed by atoms with Gasteiger partial charge in [-0.15, -0.1) is 11.3 Å². The van der Waals surface area contributed by atoms with E-state index >= 15 is 0 Å². The first-order valence-corrected chi connectivity index (χ1v) is 9.50. The fourth-order valence-corrected chi connectivity index (χ4v) is 3.64. The van der Waals surface area contributed by atoms with Crippen LogP contribution >= 0.6 is 11.3 Å². The molecule has 28 heavy (non-hydrogen) atoms. The summed E-state index contributed by atoms with van der Waals surface area (Å²) in [4.78, 5) is 19.8. The number of aromatic hydroxyl groups is 1. The summed E-state index contributed by atoms with van der Waals surface area (Å²) < 4.78 is 15.8. The molecule has 0 spiro atoms. The van der Waals surface area contributed by atoms with Crippen LogP contribution in [0.15, 0.2) is 23.8 Å². The molecule has 0 saturated carbocycles. The van der Waals surface area contributed by atoms with Crippen molar-refractivity contribution in [3.05, 3.63) is 23.8 Å². The summed E-state index contributed by atoms with van der Waals surface area (Å²) in [5.41, 5.74) is 1.42. The summed E-state index contributed by atoms with van der Waals surface area (Å²) in [6.45, 7) is 2.82. The summed E-state index contributed by atoms with van der Waals surface area (Å²) in [6, 6.07) is 3.43. The lowest BCUT2D eigenvalue weighted by Gasteiger charge is -2.26. The van der Waals surface area contributed by atoms with Gasteiger partial charge >= 0.3 is 0 Å². The molecule has 2 aromatic heterocycles. The number of hydrogen-bond acceptors (Lipinski definition) is 10. The van der Waals surface area contributed by atoms with Gasteiger partial charge in [-0.05, 0) is 12.1 Å². The second kappa shape index (κ2) is 7.95. The molecule has 0 aliphatic carbocycles. The number of aromatic nitrogens is 4. The van der Waals surface area contributed by atoms with Gasteiger partial charge < -0.3 is 24.2 Å². The molecular weight excluding hydrogens is 382 g/mol. The highest BCUT2D eigenvalue weighted by Crippen LogP contribution is 2.41. The largest absolute Gasteiger partial charge is 0.502 e. The Kier molecular flexibility index (Phi) is 5.22. The van der Waals surface area contributed by atoms with Gasteiger partial charge in [0.15, 0.2) is 17.3 Å². The van der Waals surface area contributed by atoms with Crippen molar-refractivity contribution >= 4 is 17.3 Å². The third kappa shape index (κ3) is 3.56. The van der Waals surface area contributed by atoms with E-state index in [1.807, 2.05) is 5.38 Å². The highest BCUT2D eigenvalue weighted by molar-refractivity contribution is 7.13. The van der Waals surface area contributed by atoms with Crippen LogP contribution in [-0.4, -0.2) is 65.6 Å². The van der Waals surface area contributed by atoms with E-state index in [2.05, 4.69) is 24.8 Å². The smallest absolute Gasteiger partial charge is 0.229 e. The van der Waals surface area contributed by atoms with Gasteiger partial charge in [0, 0.05) is 24.0 Å². The maximum absolute atomic E-state index is 10.1. The van der Waals surface area contributed by atoms with Crippen LogP contribution < -0.4 is 14.4 Å². The number of thiazole rings is 1. The zero-order valence-electron chi connectivity index (χ0n) is 15.5. The molecule has 1 saturated heterocycles. The van der Waals surface area contributed by atoms with E-state index in [1.165, 1.54) is 31.9 Å². The van der Waals surface area contributed by atoms with E-state index in [4.69, 9.17) is 14.2 Å². The van der Waals surface area contributed by atoms with Crippen LogP contribution in [0.1, 0.15) is 0 Å². The zero-order chi connectivity index (χ0) is 19.5. The lowest BCUT2D eigenvalue weighted by atomic mass is 10.2. The molecule has 10 heteroatoms. The molecule has 1 aromatic carbocycles. The predicted molar refractivity (Wildman–Crippen MR) is 104 cm³/mol. The lowest BCUT2D eigenvalue weighted by Crippen LogP contribution is -2.37. The molecule has 0 radical (unpaired) electrons. The fraction of sp³-hybridized carbons (Fsp3) is 0.333. The predicted octanol–water partition coefficient (Wildman–Crippen LogP) is 2.22. The number of hydrogen-bond donors (Lipinski definition) is 1. The number of phenols is 1. The minimum atomic E-state index is -0.0434. The van der Waals surface area contributed by atoms with E-state index in [-0.39, 0.29) is 5.75 Å². The normalized spacial score (nSPS) is 14.1. The Morgan fingerprint density at radius 3 is 2.46 bits per heavy atom. The Morgan fingerprint density at radius 1 is 1.07 bits per heavy atom. The average molecular weight is 401 g/mol. The fourth-order valence-electron chi connectivity index (χ4n) is 2.85. The van der Waals surface area contributed by atoms with Crippen molar-refractivity contribution in [1.29, 1.82) is 0 Å². The minimum Gasteiger partial charge on any atom is -0.502 e. The van der Waals surface area contributed by atoms with Crippen molar-refractivity contribution in [2.24, 2.45) is 0 Å². The van der Waals surface area contributed by atoms with Crippen LogP contribution in [-0.2, 0) is 4.74 Å². The van der Waals surface area contributed by atoms with Crippen LogP contribution in [0.3, 0.4) is 0 Å². The summed E-state index contributed by atoms with van der Waals surface area (Å²) in [5, 5.41) is 12.7. The van der Waals surface area contributed by atoms with Crippen molar-refractivity contribution in [3.8, 4) is 39.3 Å². The molecule has 1 fully saturated rings. The number of methoxy groups -OCH3 is 2. The molecular formula is C18H19N5O4S. The molecule has 4 rings (SSSR count). The molecule has 1 aliphatic rings. The number of anilines is 1. The van der Waals surface area contributed by atoms with Crippen molar-refractivity contribution in [2.75, 3.05) is 45.4 Å². The molecule has 0 amide bonds. The first-order valence-electron chi connectivity index (χ1n) is 8.62. The van der Waals surface area contributed by atoms with Crippen LogP contribution in [0.5, 0.6) is 17.2 Å². The summed E-state index contributed by atoms with van der Waals surface area (Å²) in [7, 11) is 2.98. The minimum absolute atomic E-state index is 0.0434. The van der Waals surface area contributed by atoms with Crippen LogP contribution in [0.2, 0.25) is 0 Å². The van der Waals surface area contributed by atoms with Gasteiger partial charge in [0.1, 0.15) is 17.0 Å². The molecule has 1 aliphatic heterocycles. The van der Waals surface area contributed by atoms with Crippen molar-refractivity contribution in [1.82, 2.24) is 19.9 Å². The van der Waals surface area contributed by atoms with Gasteiger partial charge in [-0.2, -0.15) is 4.98 Å². The molecule has 0 bridgehead atoms. The molecule has 146 valence electrons. The average Bonchev–Trinajstić information content (AvgIpc) is 3.25. The third-order valence-electron chi connectivity index (χ3n) is 4.31. The van der Waals surface area contributed by atoms with Crippen LogP contribution in [0.25, 0.3) is 22.1 Å². The Hall–Kier alpha value is -2.98. The number of benzene rings is 1. The van der Waals surface area contributed by atoms with Crippen LogP contribution in [0.4, 0.5) is 5.95 Å². The quantitative estimate of drug-likeness (QED) is 0.689. The highest BCUT2D eigenvalue weighted by atomic mass is 32.1. The molecule has 0 atom stereocenters. The second-order valence-corrected chi connectivity index (χ2v) is 6.83. The van der Waals surface area contributed by atoms with Crippen molar-refractivity contribution in [3.63, 3.8) is 0 Å². The number of morpholine rings is 1. The van der Waals surface area contributed by atoms with Gasteiger partial charge in [0.05, 0.1) is 27.4 Å². The standard InChI is InChI=1S/C18H19N5O4S/c1-25-13-7-11(8-14(26-2)15(13)24)17-21-12(9-28-17)16-19-10-20-18(22-16)23-3-5-27-6-4-23/h7-10,24H,3-6H2,1-2H3. The maximum Gasteiger partial charge on any atom is 0.229 e. The number of nitrogens with zero attached hydrogens (tertiary/aromatic N) is 5. The maximum atomic E-state index is 10.1. The monoisotopic (exact) mass is 401 g/mol. The summed E-state index contributed by atoms with van der Waals surface area (Å²) in [6.07, 6.45) is 1.50. The van der Waals surface area contributed by atoms with Gasteiger partial charge in [0.25, 0.3) is 0 Å². The number of phenolic OH excluding ortho intramolecular Hbond substituents is 1. The van der Waals surface area contributed by atoms with E-state index in [0.717, 1.165) is 23.7 Å². The topological polar surface area (TPSA) is 103 Å². The van der Waals surface area contributed by atoms with Crippen molar-refractivity contribution in [2.45, 2.75) is 0 Å². The Bertz CT molecular complexity index is 949. The zero-order valence-corrected chi connectivity index (χ0v) is 16.3. The first kappa shape index (κ1) is 18.4. The molecule has 3 aromatic rings. The molecule has 9 nitrogen and oxygen atoms in total. The summed E-state index contributed by atoms with van der Waals surface area (Å²) >= 11 is 1.45. The van der Waals surface area contributed by atoms with E-state index in [9.17, 15) is 5.11 Å². The SMILES string of the molecule is COc1cc(-c2nc(-c3ncnc(N4CCOCC4)n3)cs2)cc(OC)c1O.